The monoisotopic (exact) mass is 344 g/mol. The second-order valence-corrected chi connectivity index (χ2v) is 5.16. The van der Waals surface area contributed by atoms with Crippen LogP contribution < -0.4 is 15.4 Å². The number of ether oxygens (including phenoxy) is 2. The van der Waals surface area contributed by atoms with Crippen molar-refractivity contribution in [2.75, 3.05) is 13.2 Å². The predicted octanol–water partition coefficient (Wildman–Crippen LogP) is 1.70. The molecule has 2 rings (SSSR count). The highest BCUT2D eigenvalue weighted by Gasteiger charge is 2.30. The summed E-state index contributed by atoms with van der Waals surface area (Å²) < 4.78 is 10.5. The number of hydrogen-bond acceptors (Lipinski definition) is 8. The molecule has 0 aliphatic carbocycles. The number of carbonyl (C=O) groups is 1. The Hall–Kier alpha value is -3.21. The van der Waals surface area contributed by atoms with Crippen molar-refractivity contribution in [3.05, 3.63) is 35.0 Å². The zero-order valence-electron chi connectivity index (χ0n) is 14.3. The molecule has 1 aromatic rings. The highest BCUT2D eigenvalue weighted by atomic mass is 16.5. The number of nitrogens with zero attached hydrogens (tertiary/aromatic N) is 2. The van der Waals surface area contributed by atoms with Crippen LogP contribution in [0.1, 0.15) is 32.4 Å². The van der Waals surface area contributed by atoms with Crippen LogP contribution in [0.4, 0.5) is 0 Å². The van der Waals surface area contributed by atoms with Gasteiger partial charge < -0.3 is 19.9 Å². The number of esters is 1. The van der Waals surface area contributed by atoms with Gasteiger partial charge in [0.15, 0.2) is 17.7 Å². The lowest BCUT2D eigenvalue weighted by molar-refractivity contribution is -0.138. The van der Waals surface area contributed by atoms with E-state index in [-0.39, 0.29) is 18.3 Å². The SMILES string of the molecule is CCOC(=O)C1=C(C)NC(NC#N)=N[C@H]1c1ccc(O)c(OCC)c1. The van der Waals surface area contributed by atoms with Crippen LogP contribution in [-0.4, -0.2) is 30.2 Å². The third-order valence-corrected chi connectivity index (χ3v) is 3.51. The summed E-state index contributed by atoms with van der Waals surface area (Å²) in [7, 11) is 0. The first-order valence-corrected chi connectivity index (χ1v) is 7.85. The Bertz CT molecular complexity index is 764. The van der Waals surface area contributed by atoms with Crippen LogP contribution in [-0.2, 0) is 9.53 Å². The first kappa shape index (κ1) is 18.1. The van der Waals surface area contributed by atoms with E-state index in [2.05, 4.69) is 15.6 Å². The summed E-state index contributed by atoms with van der Waals surface area (Å²) >= 11 is 0. The third kappa shape index (κ3) is 4.01. The van der Waals surface area contributed by atoms with Crippen molar-refractivity contribution in [1.29, 1.82) is 5.26 Å². The zero-order chi connectivity index (χ0) is 18.4. The van der Waals surface area contributed by atoms with Gasteiger partial charge in [0, 0.05) is 5.70 Å². The maximum absolute atomic E-state index is 12.4. The summed E-state index contributed by atoms with van der Waals surface area (Å²) in [6, 6.07) is 4.05. The topological polar surface area (TPSA) is 116 Å². The van der Waals surface area contributed by atoms with Crippen molar-refractivity contribution in [2.45, 2.75) is 26.8 Å². The maximum atomic E-state index is 12.4. The molecule has 1 heterocycles. The van der Waals surface area contributed by atoms with Crippen molar-refractivity contribution in [1.82, 2.24) is 10.6 Å². The van der Waals surface area contributed by atoms with Crippen molar-refractivity contribution >= 4 is 11.9 Å². The van der Waals surface area contributed by atoms with Gasteiger partial charge in [0.1, 0.15) is 6.04 Å². The van der Waals surface area contributed by atoms with Gasteiger partial charge >= 0.3 is 5.97 Å². The summed E-state index contributed by atoms with van der Waals surface area (Å²) in [5, 5.41) is 24.0. The fourth-order valence-corrected chi connectivity index (χ4v) is 2.48. The van der Waals surface area contributed by atoms with Gasteiger partial charge in [-0.25, -0.2) is 9.79 Å². The minimum absolute atomic E-state index is 0.00252. The van der Waals surface area contributed by atoms with Crippen LogP contribution in [0.15, 0.2) is 34.5 Å². The van der Waals surface area contributed by atoms with Crippen molar-refractivity contribution in [3.63, 3.8) is 0 Å². The molecule has 1 aliphatic heterocycles. The Morgan fingerprint density at radius 2 is 2.20 bits per heavy atom. The number of carbonyl (C=O) groups excluding carboxylic acids is 1. The third-order valence-electron chi connectivity index (χ3n) is 3.51. The minimum Gasteiger partial charge on any atom is -0.504 e. The van der Waals surface area contributed by atoms with E-state index in [1.54, 1.807) is 39.1 Å². The number of guanidine groups is 1. The first-order chi connectivity index (χ1) is 12.0. The highest BCUT2D eigenvalue weighted by Crippen LogP contribution is 2.36. The van der Waals surface area contributed by atoms with Crippen LogP contribution in [0.2, 0.25) is 0 Å². The first-order valence-electron chi connectivity index (χ1n) is 7.85. The predicted molar refractivity (Wildman–Crippen MR) is 90.7 cm³/mol. The number of benzene rings is 1. The lowest BCUT2D eigenvalue weighted by Crippen LogP contribution is -2.39. The molecule has 0 saturated heterocycles. The fourth-order valence-electron chi connectivity index (χ4n) is 2.48. The number of phenols is 1. The standard InChI is InChI=1S/C17H20N4O4/c1-4-24-13-8-11(6-7-12(13)22)15-14(16(23)25-5-2)10(3)20-17(21-15)19-9-18/h6-8,15,22H,4-5H2,1-3H3,(H2,19,20,21)/t15-/m0/s1. The molecule has 1 atom stereocenters. The summed E-state index contributed by atoms with van der Waals surface area (Å²) in [5.74, 6) is 0.0223. The Balaban J connectivity index is 2.51. The van der Waals surface area contributed by atoms with Gasteiger partial charge in [-0.15, -0.1) is 0 Å². The van der Waals surface area contributed by atoms with Crippen molar-refractivity contribution in [3.8, 4) is 17.7 Å². The number of allylic oxidation sites excluding steroid dienone is 1. The molecule has 0 radical (unpaired) electrons. The maximum Gasteiger partial charge on any atom is 0.338 e. The lowest BCUT2D eigenvalue weighted by Gasteiger charge is -2.25. The molecule has 1 aromatic carbocycles. The van der Waals surface area contributed by atoms with E-state index in [0.29, 0.717) is 29.2 Å². The number of aromatic hydroxyl groups is 1. The van der Waals surface area contributed by atoms with Crippen molar-refractivity contribution < 1.29 is 19.4 Å². The van der Waals surface area contributed by atoms with E-state index in [9.17, 15) is 9.90 Å². The van der Waals surface area contributed by atoms with Gasteiger partial charge in [0.05, 0.1) is 18.8 Å². The van der Waals surface area contributed by atoms with E-state index < -0.39 is 12.0 Å². The summed E-state index contributed by atoms with van der Waals surface area (Å²) in [4.78, 5) is 16.8. The quantitative estimate of drug-likeness (QED) is 0.423. The number of nitriles is 1. The number of phenolic OH excluding ortho intramolecular Hbond substituents is 1. The molecule has 8 nitrogen and oxygen atoms in total. The normalized spacial score (nSPS) is 16.4. The molecule has 8 heteroatoms. The minimum atomic E-state index is -0.698. The lowest BCUT2D eigenvalue weighted by atomic mass is 9.96. The molecule has 0 spiro atoms. The Kier molecular flexibility index (Phi) is 5.84. The van der Waals surface area contributed by atoms with E-state index in [1.165, 1.54) is 6.07 Å². The molecule has 0 unspecified atom stereocenters. The van der Waals surface area contributed by atoms with Crippen LogP contribution in [0, 0.1) is 11.5 Å². The molecule has 0 amide bonds. The average Bonchev–Trinajstić information content (AvgIpc) is 2.57. The zero-order valence-corrected chi connectivity index (χ0v) is 14.3. The van der Waals surface area contributed by atoms with Gasteiger partial charge in [0.25, 0.3) is 0 Å². The molecule has 0 bridgehead atoms. The molecular formula is C17H20N4O4. The Labute approximate surface area is 145 Å². The van der Waals surface area contributed by atoms with Crippen LogP contribution in [0.25, 0.3) is 0 Å². The molecule has 25 heavy (non-hydrogen) atoms. The number of hydrogen-bond donors (Lipinski definition) is 3. The molecule has 1 aliphatic rings. The number of nitrogens with one attached hydrogen (secondary N) is 2. The summed E-state index contributed by atoms with van der Waals surface area (Å²) in [5.41, 5.74) is 1.49. The van der Waals surface area contributed by atoms with E-state index in [4.69, 9.17) is 14.7 Å². The molecule has 3 N–H and O–H groups in total. The van der Waals surface area contributed by atoms with Gasteiger partial charge in [-0.3, -0.25) is 5.32 Å². The molecule has 0 fully saturated rings. The average molecular weight is 344 g/mol. The van der Waals surface area contributed by atoms with Gasteiger partial charge in [-0.1, -0.05) is 6.07 Å². The molecular weight excluding hydrogens is 324 g/mol. The number of rotatable bonds is 5. The second-order valence-electron chi connectivity index (χ2n) is 5.16. The van der Waals surface area contributed by atoms with E-state index in [0.717, 1.165) is 0 Å². The van der Waals surface area contributed by atoms with Crippen LogP contribution >= 0.6 is 0 Å². The van der Waals surface area contributed by atoms with Crippen LogP contribution in [0.5, 0.6) is 11.5 Å². The van der Waals surface area contributed by atoms with Gasteiger partial charge in [-0.05, 0) is 38.5 Å². The molecule has 0 saturated carbocycles. The van der Waals surface area contributed by atoms with Gasteiger partial charge in [0.2, 0.25) is 5.96 Å². The fraction of sp³-hybridized carbons (Fsp3) is 0.353. The summed E-state index contributed by atoms with van der Waals surface area (Å²) in [6.07, 6.45) is 1.79. The molecule has 0 aromatic heterocycles. The number of aliphatic imine (C=N–C) groups is 1. The molecule has 132 valence electrons. The smallest absolute Gasteiger partial charge is 0.338 e. The second kappa shape index (κ2) is 8.06. The van der Waals surface area contributed by atoms with E-state index in [1.807, 2.05) is 0 Å². The summed E-state index contributed by atoms with van der Waals surface area (Å²) in [6.45, 7) is 5.84. The largest absolute Gasteiger partial charge is 0.504 e. The van der Waals surface area contributed by atoms with Gasteiger partial charge in [-0.2, -0.15) is 5.26 Å². The van der Waals surface area contributed by atoms with Crippen LogP contribution in [0.3, 0.4) is 0 Å². The van der Waals surface area contributed by atoms with E-state index >= 15 is 0 Å². The Morgan fingerprint density at radius 3 is 2.84 bits per heavy atom. The van der Waals surface area contributed by atoms with Crippen molar-refractivity contribution in [2.24, 2.45) is 4.99 Å². The highest BCUT2D eigenvalue weighted by molar-refractivity contribution is 5.95. The Morgan fingerprint density at radius 1 is 1.44 bits per heavy atom.